The fraction of sp³-hybridized carbons (Fsp3) is 0.500. The second-order valence-corrected chi connectivity index (χ2v) is 6.27. The number of rotatable bonds is 8. The highest BCUT2D eigenvalue weighted by Gasteiger charge is 2.37. The quantitative estimate of drug-likeness (QED) is 0.551. The minimum Gasteiger partial charge on any atom is -0.465 e. The molecule has 0 spiro atoms. The van der Waals surface area contributed by atoms with Crippen LogP contribution >= 0.6 is 0 Å². The van der Waals surface area contributed by atoms with Gasteiger partial charge >= 0.3 is 5.63 Å². The van der Waals surface area contributed by atoms with E-state index < -0.39 is 36.3 Å². The van der Waals surface area contributed by atoms with Crippen molar-refractivity contribution in [3.8, 4) is 5.75 Å². The predicted molar refractivity (Wildman–Crippen MR) is 91.6 cm³/mol. The van der Waals surface area contributed by atoms with Crippen molar-refractivity contribution < 1.29 is 28.8 Å². The smallest absolute Gasteiger partial charge is 0.336 e. The lowest BCUT2D eigenvalue weighted by atomic mass is 9.96. The molecule has 0 aliphatic rings. The van der Waals surface area contributed by atoms with E-state index in [1.54, 1.807) is 45.0 Å². The molecular weight excluding hydrogens is 328 g/mol. The summed E-state index contributed by atoms with van der Waals surface area (Å²) in [5.74, 6) is 0.543. The van der Waals surface area contributed by atoms with Crippen molar-refractivity contribution >= 4 is 11.0 Å². The number of hydrogen-bond donors (Lipinski definition) is 2. The molecule has 0 saturated heterocycles. The number of aliphatic hydroxyl groups excluding tert-OH is 2. The SMILES string of the molecule is COC(C(O)CO)C(C)(C)OC(C)Oc1ccc2oc(=O)ccc2c1. The zero-order chi connectivity index (χ0) is 18.6. The Kier molecular flexibility index (Phi) is 6.18. The first-order chi connectivity index (χ1) is 11.8. The molecule has 2 rings (SSSR count). The van der Waals surface area contributed by atoms with E-state index in [4.69, 9.17) is 23.7 Å². The molecule has 0 radical (unpaired) electrons. The molecule has 3 atom stereocenters. The summed E-state index contributed by atoms with van der Waals surface area (Å²) in [7, 11) is 1.44. The lowest BCUT2D eigenvalue weighted by Crippen LogP contribution is -2.51. The van der Waals surface area contributed by atoms with E-state index in [0.717, 1.165) is 5.39 Å². The van der Waals surface area contributed by atoms with Crippen LogP contribution in [0.2, 0.25) is 0 Å². The number of methoxy groups -OCH3 is 1. The summed E-state index contributed by atoms with van der Waals surface area (Å²) in [6, 6.07) is 8.06. The minimum absolute atomic E-state index is 0.410. The van der Waals surface area contributed by atoms with Crippen LogP contribution in [0.25, 0.3) is 11.0 Å². The maximum atomic E-state index is 11.2. The van der Waals surface area contributed by atoms with Gasteiger partial charge in [0, 0.05) is 18.6 Å². The van der Waals surface area contributed by atoms with E-state index in [9.17, 15) is 9.90 Å². The molecule has 0 saturated carbocycles. The molecule has 0 aliphatic heterocycles. The fourth-order valence-corrected chi connectivity index (χ4v) is 2.83. The van der Waals surface area contributed by atoms with E-state index in [2.05, 4.69) is 0 Å². The fourth-order valence-electron chi connectivity index (χ4n) is 2.83. The Labute approximate surface area is 145 Å². The Morgan fingerprint density at radius 1 is 1.24 bits per heavy atom. The Balaban J connectivity index is 2.09. The van der Waals surface area contributed by atoms with Crippen molar-refractivity contribution in [2.45, 2.75) is 44.9 Å². The lowest BCUT2D eigenvalue weighted by molar-refractivity contribution is -0.215. The molecule has 0 bridgehead atoms. The molecule has 1 heterocycles. The Hall–Kier alpha value is -1.93. The van der Waals surface area contributed by atoms with Gasteiger partial charge in [0.1, 0.15) is 23.5 Å². The van der Waals surface area contributed by atoms with E-state index >= 15 is 0 Å². The van der Waals surface area contributed by atoms with E-state index in [-0.39, 0.29) is 0 Å². The zero-order valence-corrected chi connectivity index (χ0v) is 14.8. The van der Waals surface area contributed by atoms with E-state index in [1.165, 1.54) is 13.2 Å². The molecule has 0 aliphatic carbocycles. The molecule has 1 aromatic heterocycles. The molecule has 25 heavy (non-hydrogen) atoms. The summed E-state index contributed by atoms with van der Waals surface area (Å²) in [6.45, 7) is 4.77. The summed E-state index contributed by atoms with van der Waals surface area (Å²) in [4.78, 5) is 11.2. The summed E-state index contributed by atoms with van der Waals surface area (Å²) in [5.41, 5.74) is -0.841. The Bertz CT molecular complexity index is 752. The molecule has 7 nitrogen and oxygen atoms in total. The summed E-state index contributed by atoms with van der Waals surface area (Å²) in [5, 5.41) is 19.7. The van der Waals surface area contributed by atoms with E-state index in [1.807, 2.05) is 0 Å². The highest BCUT2D eigenvalue weighted by atomic mass is 16.7. The third-order valence-electron chi connectivity index (χ3n) is 3.84. The normalized spacial score (nSPS) is 15.8. The van der Waals surface area contributed by atoms with Crippen LogP contribution in [0.5, 0.6) is 5.75 Å². The van der Waals surface area contributed by atoms with Crippen molar-refractivity contribution in [1.82, 2.24) is 0 Å². The predicted octanol–water partition coefficient (Wildman–Crippen LogP) is 1.68. The van der Waals surface area contributed by atoms with Crippen LogP contribution in [0.1, 0.15) is 20.8 Å². The Morgan fingerprint density at radius 2 is 1.96 bits per heavy atom. The van der Waals surface area contributed by atoms with Crippen LogP contribution in [0, 0.1) is 0 Å². The number of hydrogen-bond acceptors (Lipinski definition) is 7. The Morgan fingerprint density at radius 3 is 2.60 bits per heavy atom. The number of benzene rings is 1. The van der Waals surface area contributed by atoms with Gasteiger partial charge in [0.2, 0.25) is 0 Å². The standard InChI is InChI=1S/C18H24O7/c1-11(25-18(2,3)17(22-4)14(20)10-19)23-13-6-7-15-12(9-13)5-8-16(21)24-15/h5-9,11,14,17,19-20H,10H2,1-4H3. The third-order valence-corrected chi connectivity index (χ3v) is 3.84. The van der Waals surface area contributed by atoms with Crippen LogP contribution in [0.15, 0.2) is 39.5 Å². The van der Waals surface area contributed by atoms with Gasteiger partial charge in [0.05, 0.1) is 12.2 Å². The van der Waals surface area contributed by atoms with Crippen molar-refractivity contribution in [3.63, 3.8) is 0 Å². The maximum absolute atomic E-state index is 11.2. The molecule has 2 N–H and O–H groups in total. The molecule has 1 aromatic carbocycles. The largest absolute Gasteiger partial charge is 0.465 e. The van der Waals surface area contributed by atoms with Gasteiger partial charge in [0.25, 0.3) is 0 Å². The highest BCUT2D eigenvalue weighted by Crippen LogP contribution is 2.25. The molecule has 2 aromatic rings. The molecule has 7 heteroatoms. The van der Waals surface area contributed by atoms with Crippen molar-refractivity contribution in [3.05, 3.63) is 40.8 Å². The number of aliphatic hydroxyl groups is 2. The van der Waals surface area contributed by atoms with Gasteiger partial charge in [0.15, 0.2) is 6.29 Å². The molecule has 138 valence electrons. The van der Waals surface area contributed by atoms with Crippen LogP contribution in [0.3, 0.4) is 0 Å². The van der Waals surface area contributed by atoms with Gasteiger partial charge < -0.3 is 28.8 Å². The van der Waals surface area contributed by atoms with Gasteiger partial charge in [-0.15, -0.1) is 0 Å². The summed E-state index contributed by atoms with van der Waals surface area (Å²) >= 11 is 0. The first-order valence-electron chi connectivity index (χ1n) is 7.97. The number of fused-ring (bicyclic) bond motifs is 1. The van der Waals surface area contributed by atoms with E-state index in [0.29, 0.717) is 11.3 Å². The van der Waals surface area contributed by atoms with Gasteiger partial charge in [-0.3, -0.25) is 0 Å². The van der Waals surface area contributed by atoms with Gasteiger partial charge in [-0.1, -0.05) is 0 Å². The second kappa shape index (κ2) is 7.97. The van der Waals surface area contributed by atoms with Crippen molar-refractivity contribution in [1.29, 1.82) is 0 Å². The molecule has 0 amide bonds. The second-order valence-electron chi connectivity index (χ2n) is 6.27. The van der Waals surface area contributed by atoms with Crippen LogP contribution in [-0.4, -0.2) is 48.0 Å². The topological polar surface area (TPSA) is 98.4 Å². The molecular formula is C18H24O7. The van der Waals surface area contributed by atoms with Crippen LogP contribution < -0.4 is 10.4 Å². The first-order valence-corrected chi connectivity index (χ1v) is 7.97. The van der Waals surface area contributed by atoms with Gasteiger partial charge in [-0.2, -0.15) is 0 Å². The van der Waals surface area contributed by atoms with Crippen molar-refractivity contribution in [2.75, 3.05) is 13.7 Å². The monoisotopic (exact) mass is 352 g/mol. The molecule has 3 unspecified atom stereocenters. The average Bonchev–Trinajstić information content (AvgIpc) is 2.54. The third kappa shape index (κ3) is 4.79. The van der Waals surface area contributed by atoms with Crippen LogP contribution in [-0.2, 0) is 9.47 Å². The number of ether oxygens (including phenoxy) is 3. The minimum atomic E-state index is -1.07. The van der Waals surface area contributed by atoms with Crippen molar-refractivity contribution in [2.24, 2.45) is 0 Å². The zero-order valence-electron chi connectivity index (χ0n) is 14.8. The maximum Gasteiger partial charge on any atom is 0.336 e. The van der Waals surface area contributed by atoms with Gasteiger partial charge in [-0.05, 0) is 45.0 Å². The summed E-state index contributed by atoms with van der Waals surface area (Å²) < 4.78 is 21.9. The lowest BCUT2D eigenvalue weighted by Gasteiger charge is -2.37. The first kappa shape index (κ1) is 19.4. The molecule has 0 fully saturated rings. The van der Waals surface area contributed by atoms with Crippen LogP contribution in [0.4, 0.5) is 0 Å². The highest BCUT2D eigenvalue weighted by molar-refractivity contribution is 5.77. The average molecular weight is 352 g/mol. The van der Waals surface area contributed by atoms with Gasteiger partial charge in [-0.25, -0.2) is 4.79 Å². The summed E-state index contributed by atoms with van der Waals surface area (Å²) in [6.07, 6.45) is -2.45.